The standard InChI is InChI=1S/C25H42N2O2/c1-6-26(7-2)23(29)20-11-10-18-17-9-12-21-25(5,16-14-22(28)27(21)8-3)19(17)13-15-24(18,20)4/h17-21H,6-16H2,1-5H3/t17-,18-,19-,20+,21+,24-,25+/m0/s1. The molecule has 0 N–H and O–H groups in total. The van der Waals surface area contributed by atoms with Crippen LogP contribution < -0.4 is 0 Å². The summed E-state index contributed by atoms with van der Waals surface area (Å²) < 4.78 is 0. The van der Waals surface area contributed by atoms with Crippen molar-refractivity contribution in [1.29, 1.82) is 0 Å². The smallest absolute Gasteiger partial charge is 0.226 e. The largest absolute Gasteiger partial charge is 0.343 e. The summed E-state index contributed by atoms with van der Waals surface area (Å²) in [6.45, 7) is 13.8. The molecule has 0 bridgehead atoms. The molecular formula is C25H42N2O2. The Morgan fingerprint density at radius 1 is 0.966 bits per heavy atom. The molecule has 7 atom stereocenters. The monoisotopic (exact) mass is 402 g/mol. The Bertz CT molecular complexity index is 659. The van der Waals surface area contributed by atoms with Crippen molar-refractivity contribution < 1.29 is 9.59 Å². The molecule has 1 aliphatic heterocycles. The van der Waals surface area contributed by atoms with Crippen LogP contribution in [0.1, 0.15) is 86.0 Å². The molecule has 0 aromatic heterocycles. The molecular weight excluding hydrogens is 360 g/mol. The molecule has 4 heteroatoms. The molecule has 0 aromatic rings. The summed E-state index contributed by atoms with van der Waals surface area (Å²) in [4.78, 5) is 30.1. The molecule has 1 heterocycles. The highest BCUT2D eigenvalue weighted by molar-refractivity contribution is 5.80. The Hall–Kier alpha value is -1.06. The van der Waals surface area contributed by atoms with Crippen LogP contribution in [0.15, 0.2) is 0 Å². The van der Waals surface area contributed by atoms with Gasteiger partial charge in [0.05, 0.1) is 0 Å². The SMILES string of the molecule is CCN(CC)C(=O)[C@H]1CC[C@H]2[C@@H]3CC[C@H]4N(CC)C(=O)CC[C@]4(C)[C@H]3CC[C@]12C. The van der Waals surface area contributed by atoms with E-state index in [0.717, 1.165) is 50.7 Å². The Kier molecular flexibility index (Phi) is 5.53. The van der Waals surface area contributed by atoms with Gasteiger partial charge < -0.3 is 9.80 Å². The van der Waals surface area contributed by atoms with Crippen molar-refractivity contribution in [2.45, 2.75) is 92.0 Å². The van der Waals surface area contributed by atoms with E-state index in [0.29, 0.717) is 23.8 Å². The van der Waals surface area contributed by atoms with Crippen molar-refractivity contribution in [2.75, 3.05) is 19.6 Å². The van der Waals surface area contributed by atoms with E-state index in [4.69, 9.17) is 0 Å². The minimum Gasteiger partial charge on any atom is -0.343 e. The number of carbonyl (C=O) groups excluding carboxylic acids is 2. The highest BCUT2D eigenvalue weighted by Gasteiger charge is 2.62. The molecule has 0 radical (unpaired) electrons. The van der Waals surface area contributed by atoms with Crippen molar-refractivity contribution in [3.63, 3.8) is 0 Å². The summed E-state index contributed by atoms with van der Waals surface area (Å²) in [5.74, 6) is 3.17. The Balaban J connectivity index is 1.58. The van der Waals surface area contributed by atoms with E-state index in [2.05, 4.69) is 44.4 Å². The second-order valence-corrected chi connectivity index (χ2v) is 10.8. The third-order valence-electron chi connectivity index (χ3n) is 10.1. The Morgan fingerprint density at radius 3 is 2.31 bits per heavy atom. The van der Waals surface area contributed by atoms with Gasteiger partial charge in [0.25, 0.3) is 0 Å². The van der Waals surface area contributed by atoms with Gasteiger partial charge in [0.2, 0.25) is 11.8 Å². The van der Waals surface area contributed by atoms with Crippen LogP contribution in [0.5, 0.6) is 0 Å². The number of piperidine rings is 1. The normalized spacial score (nSPS) is 44.1. The first-order valence-electron chi connectivity index (χ1n) is 12.4. The molecule has 164 valence electrons. The average Bonchev–Trinajstić information content (AvgIpc) is 3.06. The number of hydrogen-bond donors (Lipinski definition) is 0. The minimum atomic E-state index is 0.180. The van der Waals surface area contributed by atoms with Gasteiger partial charge in [0, 0.05) is 38.0 Å². The molecule has 4 aliphatic rings. The van der Waals surface area contributed by atoms with Crippen molar-refractivity contribution in [3.8, 4) is 0 Å². The second kappa shape index (κ2) is 7.57. The third-order valence-corrected chi connectivity index (χ3v) is 10.1. The summed E-state index contributed by atoms with van der Waals surface area (Å²) in [5, 5.41) is 0. The number of nitrogens with zero attached hydrogens (tertiary/aromatic N) is 2. The molecule has 4 rings (SSSR count). The van der Waals surface area contributed by atoms with E-state index in [1.54, 1.807) is 0 Å². The van der Waals surface area contributed by atoms with Crippen molar-refractivity contribution in [1.82, 2.24) is 9.80 Å². The van der Waals surface area contributed by atoms with Crippen LogP contribution in [0.2, 0.25) is 0 Å². The summed E-state index contributed by atoms with van der Waals surface area (Å²) in [5.41, 5.74) is 0.452. The van der Waals surface area contributed by atoms with Gasteiger partial charge in [0.15, 0.2) is 0 Å². The average molecular weight is 403 g/mol. The molecule has 3 aliphatic carbocycles. The second-order valence-electron chi connectivity index (χ2n) is 10.8. The Morgan fingerprint density at radius 2 is 1.66 bits per heavy atom. The van der Waals surface area contributed by atoms with E-state index in [-0.39, 0.29) is 16.7 Å². The number of hydrogen-bond acceptors (Lipinski definition) is 2. The maximum atomic E-state index is 13.3. The highest BCUT2D eigenvalue weighted by Crippen LogP contribution is 2.66. The number of amides is 2. The van der Waals surface area contributed by atoms with Crippen LogP contribution >= 0.6 is 0 Å². The fraction of sp³-hybridized carbons (Fsp3) is 0.920. The fourth-order valence-corrected chi connectivity index (χ4v) is 8.55. The molecule has 3 saturated carbocycles. The molecule has 0 aromatic carbocycles. The quantitative estimate of drug-likeness (QED) is 0.682. The number of carbonyl (C=O) groups is 2. The first-order chi connectivity index (χ1) is 13.8. The van der Waals surface area contributed by atoms with Gasteiger partial charge in [-0.25, -0.2) is 0 Å². The lowest BCUT2D eigenvalue weighted by molar-refractivity contribution is -0.163. The van der Waals surface area contributed by atoms with Gasteiger partial charge in [0.1, 0.15) is 0 Å². The minimum absolute atomic E-state index is 0.180. The summed E-state index contributed by atoms with van der Waals surface area (Å²) >= 11 is 0. The lowest BCUT2D eigenvalue weighted by atomic mass is 9.46. The highest BCUT2D eigenvalue weighted by atomic mass is 16.2. The van der Waals surface area contributed by atoms with Crippen molar-refractivity contribution >= 4 is 11.8 Å². The molecule has 29 heavy (non-hydrogen) atoms. The maximum absolute atomic E-state index is 13.3. The summed E-state index contributed by atoms with van der Waals surface area (Å²) in [7, 11) is 0. The molecule has 4 fully saturated rings. The third kappa shape index (κ3) is 2.98. The number of rotatable bonds is 4. The van der Waals surface area contributed by atoms with E-state index in [1.807, 2.05) is 0 Å². The van der Waals surface area contributed by atoms with Gasteiger partial charge in [-0.2, -0.15) is 0 Å². The van der Waals surface area contributed by atoms with E-state index < -0.39 is 0 Å². The predicted octanol–water partition coefficient (Wildman–Crippen LogP) is 4.72. The van der Waals surface area contributed by atoms with E-state index in [1.165, 1.54) is 32.1 Å². The first kappa shape index (κ1) is 21.2. The van der Waals surface area contributed by atoms with Gasteiger partial charge in [-0.15, -0.1) is 0 Å². The van der Waals surface area contributed by atoms with Crippen LogP contribution in [0.3, 0.4) is 0 Å². The number of fused-ring (bicyclic) bond motifs is 5. The fourth-order valence-electron chi connectivity index (χ4n) is 8.55. The van der Waals surface area contributed by atoms with Crippen LogP contribution in [0, 0.1) is 34.5 Å². The zero-order chi connectivity index (χ0) is 21.0. The molecule has 4 nitrogen and oxygen atoms in total. The maximum Gasteiger partial charge on any atom is 0.226 e. The Labute approximate surface area is 177 Å². The zero-order valence-corrected chi connectivity index (χ0v) is 19.4. The lowest BCUT2D eigenvalue weighted by Gasteiger charge is -2.62. The van der Waals surface area contributed by atoms with E-state index in [9.17, 15) is 9.59 Å². The predicted molar refractivity (Wildman–Crippen MR) is 116 cm³/mol. The van der Waals surface area contributed by atoms with Crippen molar-refractivity contribution in [3.05, 3.63) is 0 Å². The van der Waals surface area contributed by atoms with Crippen molar-refractivity contribution in [2.24, 2.45) is 34.5 Å². The lowest BCUT2D eigenvalue weighted by Crippen LogP contribution is -2.62. The topological polar surface area (TPSA) is 40.6 Å². The molecule has 1 saturated heterocycles. The summed E-state index contributed by atoms with van der Waals surface area (Å²) in [6, 6.07) is 0.439. The van der Waals surface area contributed by atoms with E-state index >= 15 is 0 Å². The van der Waals surface area contributed by atoms with Gasteiger partial charge in [-0.1, -0.05) is 13.8 Å². The van der Waals surface area contributed by atoms with Gasteiger partial charge in [-0.3, -0.25) is 9.59 Å². The van der Waals surface area contributed by atoms with Gasteiger partial charge >= 0.3 is 0 Å². The zero-order valence-electron chi connectivity index (χ0n) is 19.4. The van der Waals surface area contributed by atoms with Gasteiger partial charge in [-0.05, 0) is 94.3 Å². The number of likely N-dealkylation sites (tertiary alicyclic amines) is 1. The molecule has 0 unspecified atom stereocenters. The first-order valence-corrected chi connectivity index (χ1v) is 12.4. The molecule has 0 spiro atoms. The van der Waals surface area contributed by atoms with Crippen LogP contribution in [-0.2, 0) is 9.59 Å². The van der Waals surface area contributed by atoms with Crippen LogP contribution in [0.4, 0.5) is 0 Å². The molecule has 2 amide bonds. The summed E-state index contributed by atoms with van der Waals surface area (Å²) in [6.07, 6.45) is 8.97. The van der Waals surface area contributed by atoms with Crippen LogP contribution in [0.25, 0.3) is 0 Å². The van der Waals surface area contributed by atoms with Crippen LogP contribution in [-0.4, -0.2) is 47.3 Å².